The van der Waals surface area contributed by atoms with Crippen molar-refractivity contribution in [2.75, 3.05) is 5.73 Å². The molecule has 0 aliphatic heterocycles. The van der Waals surface area contributed by atoms with Gasteiger partial charge in [-0.1, -0.05) is 0 Å². The first-order valence-corrected chi connectivity index (χ1v) is 5.27. The van der Waals surface area contributed by atoms with E-state index in [4.69, 9.17) is 5.73 Å². The Morgan fingerprint density at radius 1 is 1.21 bits per heavy atom. The highest BCUT2D eigenvalue weighted by molar-refractivity contribution is 5.40. The molecule has 0 radical (unpaired) electrons. The van der Waals surface area contributed by atoms with Gasteiger partial charge in [-0.2, -0.15) is 0 Å². The molecule has 0 atom stereocenters. The lowest BCUT2D eigenvalue weighted by molar-refractivity contribution is 0.661. The number of nitrogen functional groups attached to an aromatic ring is 1. The van der Waals surface area contributed by atoms with Gasteiger partial charge in [-0.05, 0) is 37.7 Å². The average molecular weight is 190 g/mol. The molecule has 1 heterocycles. The van der Waals surface area contributed by atoms with Crippen LogP contribution in [-0.2, 0) is 0 Å². The average Bonchev–Trinajstić information content (AvgIpc) is 2.99. The minimum Gasteiger partial charge on any atom is -0.399 e. The summed E-state index contributed by atoms with van der Waals surface area (Å²) in [6.07, 6.45) is 4.75. The van der Waals surface area contributed by atoms with Gasteiger partial charge in [-0.3, -0.25) is 4.79 Å². The Hall–Kier alpha value is -1.25. The van der Waals surface area contributed by atoms with E-state index < -0.39 is 0 Å². The van der Waals surface area contributed by atoms with Crippen LogP contribution in [0.4, 0.5) is 5.69 Å². The quantitative estimate of drug-likeness (QED) is 0.770. The van der Waals surface area contributed by atoms with Crippen LogP contribution in [0.2, 0.25) is 0 Å². The van der Waals surface area contributed by atoms with Crippen LogP contribution >= 0.6 is 0 Å². The molecule has 14 heavy (non-hydrogen) atoms. The van der Waals surface area contributed by atoms with Gasteiger partial charge in [0.25, 0.3) is 5.56 Å². The van der Waals surface area contributed by atoms with Crippen LogP contribution in [0.1, 0.15) is 43.3 Å². The molecule has 3 nitrogen and oxygen atoms in total. The number of hydrogen-bond acceptors (Lipinski definition) is 2. The third kappa shape index (κ3) is 1.24. The van der Waals surface area contributed by atoms with E-state index in [1.807, 2.05) is 10.6 Å². The highest BCUT2D eigenvalue weighted by Gasteiger charge is 2.33. The van der Waals surface area contributed by atoms with E-state index in [0.29, 0.717) is 17.6 Å². The Bertz CT molecular complexity index is 427. The SMILES string of the molecule is Nc1cc(C2CC2)n(C2CC2)c(=O)c1. The Balaban J connectivity index is 2.17. The summed E-state index contributed by atoms with van der Waals surface area (Å²) >= 11 is 0. The predicted molar refractivity (Wildman–Crippen MR) is 55.4 cm³/mol. The number of hydrogen-bond donors (Lipinski definition) is 1. The van der Waals surface area contributed by atoms with Gasteiger partial charge in [0, 0.05) is 23.5 Å². The van der Waals surface area contributed by atoms with Crippen molar-refractivity contribution >= 4 is 5.69 Å². The van der Waals surface area contributed by atoms with Crippen LogP contribution in [0.15, 0.2) is 16.9 Å². The molecule has 0 bridgehead atoms. The highest BCUT2D eigenvalue weighted by atomic mass is 16.1. The second-order valence-corrected chi connectivity index (χ2v) is 4.43. The van der Waals surface area contributed by atoms with E-state index in [1.165, 1.54) is 18.5 Å². The lowest BCUT2D eigenvalue weighted by atomic mass is 10.2. The van der Waals surface area contributed by atoms with E-state index in [-0.39, 0.29) is 5.56 Å². The normalized spacial score (nSPS) is 21.1. The molecule has 2 aliphatic rings. The molecule has 74 valence electrons. The van der Waals surface area contributed by atoms with Gasteiger partial charge >= 0.3 is 0 Å². The maximum atomic E-state index is 11.8. The third-order valence-electron chi connectivity index (χ3n) is 3.03. The maximum Gasteiger partial charge on any atom is 0.253 e. The Morgan fingerprint density at radius 2 is 1.93 bits per heavy atom. The molecular weight excluding hydrogens is 176 g/mol. The first kappa shape index (κ1) is 8.09. The molecular formula is C11H14N2O. The summed E-state index contributed by atoms with van der Waals surface area (Å²) in [6.45, 7) is 0. The number of nitrogens with zero attached hydrogens (tertiary/aromatic N) is 1. The summed E-state index contributed by atoms with van der Waals surface area (Å²) in [7, 11) is 0. The number of pyridine rings is 1. The first-order chi connectivity index (χ1) is 6.75. The van der Waals surface area contributed by atoms with E-state index >= 15 is 0 Å². The molecule has 2 fully saturated rings. The van der Waals surface area contributed by atoms with E-state index in [0.717, 1.165) is 12.8 Å². The van der Waals surface area contributed by atoms with Crippen LogP contribution in [0.3, 0.4) is 0 Å². The topological polar surface area (TPSA) is 48.0 Å². The van der Waals surface area contributed by atoms with Crippen LogP contribution in [0.25, 0.3) is 0 Å². The van der Waals surface area contributed by atoms with Crippen molar-refractivity contribution in [3.8, 4) is 0 Å². The number of aromatic nitrogens is 1. The predicted octanol–water partition coefficient (Wildman–Crippen LogP) is 1.64. The number of nitrogens with two attached hydrogens (primary N) is 1. The first-order valence-electron chi connectivity index (χ1n) is 5.27. The zero-order chi connectivity index (χ0) is 9.71. The Kier molecular flexibility index (Phi) is 1.52. The van der Waals surface area contributed by atoms with Gasteiger partial charge in [-0.25, -0.2) is 0 Å². The summed E-state index contributed by atoms with van der Waals surface area (Å²) in [6, 6.07) is 4.00. The molecule has 0 saturated heterocycles. The standard InChI is InChI=1S/C11H14N2O/c12-8-5-10(7-1-2-7)13(9-3-4-9)11(14)6-8/h5-7,9H,1-4,12H2. The summed E-state index contributed by atoms with van der Waals surface area (Å²) in [4.78, 5) is 11.8. The van der Waals surface area contributed by atoms with E-state index in [9.17, 15) is 4.79 Å². The summed E-state index contributed by atoms with van der Waals surface area (Å²) in [5.74, 6) is 0.604. The van der Waals surface area contributed by atoms with Gasteiger partial charge in [0.05, 0.1) is 0 Å². The van der Waals surface area contributed by atoms with Crippen LogP contribution in [0, 0.1) is 0 Å². The minimum absolute atomic E-state index is 0.0920. The van der Waals surface area contributed by atoms with Crippen LogP contribution in [-0.4, -0.2) is 4.57 Å². The number of rotatable bonds is 2. The largest absolute Gasteiger partial charge is 0.399 e. The van der Waals surface area contributed by atoms with Crippen molar-refractivity contribution in [2.24, 2.45) is 0 Å². The zero-order valence-corrected chi connectivity index (χ0v) is 8.07. The third-order valence-corrected chi connectivity index (χ3v) is 3.03. The van der Waals surface area contributed by atoms with Crippen LogP contribution in [0.5, 0.6) is 0 Å². The second-order valence-electron chi connectivity index (χ2n) is 4.43. The second kappa shape index (κ2) is 2.62. The van der Waals surface area contributed by atoms with E-state index in [1.54, 1.807) is 6.07 Å². The molecule has 1 aromatic heterocycles. The lowest BCUT2D eigenvalue weighted by Crippen LogP contribution is -2.22. The molecule has 2 saturated carbocycles. The van der Waals surface area contributed by atoms with Crippen molar-refractivity contribution in [3.05, 3.63) is 28.2 Å². The Labute approximate surface area is 82.5 Å². The molecule has 0 aromatic carbocycles. The molecule has 0 spiro atoms. The van der Waals surface area contributed by atoms with Crippen molar-refractivity contribution in [1.29, 1.82) is 0 Å². The fourth-order valence-electron chi connectivity index (χ4n) is 2.04. The van der Waals surface area contributed by atoms with Crippen LogP contribution < -0.4 is 11.3 Å². The molecule has 3 rings (SSSR count). The minimum atomic E-state index is 0.0920. The monoisotopic (exact) mass is 190 g/mol. The van der Waals surface area contributed by atoms with Crippen molar-refractivity contribution < 1.29 is 0 Å². The smallest absolute Gasteiger partial charge is 0.253 e. The van der Waals surface area contributed by atoms with Crippen molar-refractivity contribution in [2.45, 2.75) is 37.6 Å². The summed E-state index contributed by atoms with van der Waals surface area (Å²) in [5.41, 5.74) is 7.59. The van der Waals surface area contributed by atoms with Gasteiger partial charge < -0.3 is 10.3 Å². The van der Waals surface area contributed by atoms with Crippen molar-refractivity contribution in [3.63, 3.8) is 0 Å². The summed E-state index contributed by atoms with van der Waals surface area (Å²) < 4.78 is 1.97. The highest BCUT2D eigenvalue weighted by Crippen LogP contribution is 2.44. The summed E-state index contributed by atoms with van der Waals surface area (Å²) in [5, 5.41) is 0. The Morgan fingerprint density at radius 3 is 2.50 bits per heavy atom. The number of anilines is 1. The molecule has 3 heteroatoms. The molecule has 0 unspecified atom stereocenters. The molecule has 0 amide bonds. The molecule has 2 N–H and O–H groups in total. The van der Waals surface area contributed by atoms with E-state index in [2.05, 4.69) is 0 Å². The fourth-order valence-corrected chi connectivity index (χ4v) is 2.04. The van der Waals surface area contributed by atoms with Gasteiger partial charge in [0.2, 0.25) is 0 Å². The lowest BCUT2D eigenvalue weighted by Gasteiger charge is -2.11. The van der Waals surface area contributed by atoms with Gasteiger partial charge in [0.15, 0.2) is 0 Å². The molecule has 1 aromatic rings. The van der Waals surface area contributed by atoms with Crippen molar-refractivity contribution in [1.82, 2.24) is 4.57 Å². The molecule has 2 aliphatic carbocycles. The maximum absolute atomic E-state index is 11.8. The van der Waals surface area contributed by atoms with Gasteiger partial charge in [0.1, 0.15) is 0 Å². The van der Waals surface area contributed by atoms with Gasteiger partial charge in [-0.15, -0.1) is 0 Å². The zero-order valence-electron chi connectivity index (χ0n) is 8.07. The fraction of sp³-hybridized carbons (Fsp3) is 0.545.